The van der Waals surface area contributed by atoms with Gasteiger partial charge in [0.25, 0.3) is 0 Å². The summed E-state index contributed by atoms with van der Waals surface area (Å²) in [5.41, 5.74) is 3.62. The summed E-state index contributed by atoms with van der Waals surface area (Å²) < 4.78 is 1.09. The third-order valence-corrected chi connectivity index (χ3v) is 4.36. The third kappa shape index (κ3) is 2.29. The molecule has 1 unspecified atom stereocenters. The summed E-state index contributed by atoms with van der Waals surface area (Å²) in [5, 5.41) is 6.08. The number of aromatic nitrogens is 1. The highest BCUT2D eigenvalue weighted by Gasteiger charge is 2.22. The van der Waals surface area contributed by atoms with Crippen molar-refractivity contribution >= 4 is 44.9 Å². The van der Waals surface area contributed by atoms with Gasteiger partial charge in [-0.25, -0.2) is 4.98 Å². The van der Waals surface area contributed by atoms with E-state index in [1.807, 2.05) is 23.7 Å². The molecular formula is C11H11N3OS2. The first kappa shape index (κ1) is 11.0. The summed E-state index contributed by atoms with van der Waals surface area (Å²) in [7, 11) is 0. The minimum absolute atomic E-state index is 0.0406. The van der Waals surface area contributed by atoms with Crippen LogP contribution >= 0.6 is 23.1 Å². The second-order valence-corrected chi connectivity index (χ2v) is 5.71. The Hall–Kier alpha value is -1.11. The van der Waals surface area contributed by atoms with E-state index in [-0.39, 0.29) is 11.9 Å². The van der Waals surface area contributed by atoms with Crippen molar-refractivity contribution < 1.29 is 4.79 Å². The Kier molecular flexibility index (Phi) is 3.00. The van der Waals surface area contributed by atoms with Gasteiger partial charge in [0.2, 0.25) is 5.91 Å². The van der Waals surface area contributed by atoms with E-state index in [9.17, 15) is 4.79 Å². The molecular weight excluding hydrogens is 254 g/mol. The van der Waals surface area contributed by atoms with Gasteiger partial charge in [0.15, 0.2) is 0 Å². The van der Waals surface area contributed by atoms with Crippen molar-refractivity contribution in [1.82, 2.24) is 10.3 Å². The summed E-state index contributed by atoms with van der Waals surface area (Å²) >= 11 is 3.32. The number of rotatable bonds is 2. The van der Waals surface area contributed by atoms with Crippen LogP contribution in [0.3, 0.4) is 0 Å². The number of carbonyl (C=O) groups is 1. The molecule has 1 aromatic heterocycles. The summed E-state index contributed by atoms with van der Waals surface area (Å²) in [6, 6.07) is 5.71. The number of nitrogens with one attached hydrogen (secondary N) is 2. The van der Waals surface area contributed by atoms with Crippen molar-refractivity contribution in [3.05, 3.63) is 23.7 Å². The van der Waals surface area contributed by atoms with E-state index >= 15 is 0 Å². The van der Waals surface area contributed by atoms with E-state index in [0.29, 0.717) is 0 Å². The molecule has 1 aliphatic rings. The Bertz CT molecular complexity index is 548. The molecule has 1 fully saturated rings. The molecule has 1 atom stereocenters. The zero-order chi connectivity index (χ0) is 11.7. The van der Waals surface area contributed by atoms with Crippen molar-refractivity contribution in [3.8, 4) is 0 Å². The first-order chi connectivity index (χ1) is 8.33. The summed E-state index contributed by atoms with van der Waals surface area (Å²) in [6.07, 6.45) is 0. The molecule has 4 nitrogen and oxygen atoms in total. The number of anilines is 1. The largest absolute Gasteiger partial charge is 0.325 e. The highest BCUT2D eigenvalue weighted by Crippen LogP contribution is 2.22. The maximum atomic E-state index is 11.9. The molecule has 2 heterocycles. The van der Waals surface area contributed by atoms with Crippen LogP contribution in [-0.2, 0) is 4.79 Å². The molecule has 1 saturated heterocycles. The lowest BCUT2D eigenvalue weighted by Gasteiger charge is -2.10. The van der Waals surface area contributed by atoms with Gasteiger partial charge >= 0.3 is 0 Å². The number of hydrogen-bond donors (Lipinski definition) is 2. The fraction of sp³-hybridized carbons (Fsp3) is 0.273. The molecule has 0 saturated carbocycles. The smallest absolute Gasteiger partial charge is 0.242 e. The van der Waals surface area contributed by atoms with E-state index < -0.39 is 0 Å². The van der Waals surface area contributed by atoms with Crippen LogP contribution in [0.1, 0.15) is 0 Å². The first-order valence-electron chi connectivity index (χ1n) is 5.28. The van der Waals surface area contributed by atoms with Crippen LogP contribution in [0.2, 0.25) is 0 Å². The zero-order valence-corrected chi connectivity index (χ0v) is 10.6. The maximum absolute atomic E-state index is 11.9. The Labute approximate surface area is 107 Å². The number of thioether (sulfide) groups is 1. The summed E-state index contributed by atoms with van der Waals surface area (Å²) in [5.74, 6) is 1.74. The number of thiazole rings is 1. The molecule has 2 N–H and O–H groups in total. The number of hydrogen-bond acceptors (Lipinski definition) is 5. The predicted molar refractivity (Wildman–Crippen MR) is 72.5 cm³/mol. The lowest BCUT2D eigenvalue weighted by atomic mass is 10.2. The second-order valence-electron chi connectivity index (χ2n) is 3.80. The molecule has 0 radical (unpaired) electrons. The Morgan fingerprint density at radius 2 is 2.47 bits per heavy atom. The molecule has 1 aliphatic heterocycles. The SMILES string of the molecule is O=C(Nc1ccc2ncsc2c1)C1CSCN1. The Balaban J connectivity index is 1.77. The van der Waals surface area contributed by atoms with E-state index in [1.54, 1.807) is 23.1 Å². The van der Waals surface area contributed by atoms with Crippen LogP contribution in [0.25, 0.3) is 10.2 Å². The van der Waals surface area contributed by atoms with Gasteiger partial charge in [-0.2, -0.15) is 0 Å². The van der Waals surface area contributed by atoms with Crippen molar-refractivity contribution in [1.29, 1.82) is 0 Å². The van der Waals surface area contributed by atoms with E-state index in [0.717, 1.165) is 27.5 Å². The van der Waals surface area contributed by atoms with Gasteiger partial charge in [-0.3, -0.25) is 10.1 Å². The Morgan fingerprint density at radius 3 is 3.29 bits per heavy atom. The third-order valence-electron chi connectivity index (χ3n) is 2.63. The minimum Gasteiger partial charge on any atom is -0.325 e. The fourth-order valence-electron chi connectivity index (χ4n) is 1.73. The normalized spacial score (nSPS) is 19.6. The van der Waals surface area contributed by atoms with Crippen LogP contribution in [-0.4, -0.2) is 28.6 Å². The molecule has 0 bridgehead atoms. The Morgan fingerprint density at radius 1 is 1.53 bits per heavy atom. The quantitative estimate of drug-likeness (QED) is 0.871. The zero-order valence-electron chi connectivity index (χ0n) is 8.97. The molecule has 1 amide bonds. The molecule has 88 valence electrons. The lowest BCUT2D eigenvalue weighted by molar-refractivity contribution is -0.117. The minimum atomic E-state index is -0.0721. The molecule has 0 aliphatic carbocycles. The van der Waals surface area contributed by atoms with E-state index in [4.69, 9.17) is 0 Å². The standard InChI is InChI=1S/C11H11N3OS2/c15-11(9-4-16-5-12-9)14-7-1-2-8-10(3-7)17-6-13-8/h1-3,6,9,12H,4-5H2,(H,14,15). The van der Waals surface area contributed by atoms with Gasteiger partial charge in [0, 0.05) is 17.3 Å². The molecule has 1 aromatic carbocycles. The number of benzene rings is 1. The van der Waals surface area contributed by atoms with Crippen molar-refractivity contribution in [2.75, 3.05) is 16.9 Å². The summed E-state index contributed by atoms with van der Waals surface area (Å²) in [4.78, 5) is 16.1. The number of amides is 1. The van der Waals surface area contributed by atoms with Crippen molar-refractivity contribution in [2.45, 2.75) is 6.04 Å². The highest BCUT2D eigenvalue weighted by atomic mass is 32.2. The van der Waals surface area contributed by atoms with Gasteiger partial charge in [-0.05, 0) is 18.2 Å². The number of nitrogens with zero attached hydrogens (tertiary/aromatic N) is 1. The van der Waals surface area contributed by atoms with E-state index in [2.05, 4.69) is 15.6 Å². The fourth-order valence-corrected chi connectivity index (χ4v) is 3.38. The van der Waals surface area contributed by atoms with Crippen LogP contribution in [0.4, 0.5) is 5.69 Å². The number of fused-ring (bicyclic) bond motifs is 1. The summed E-state index contributed by atoms with van der Waals surface area (Å²) in [6.45, 7) is 0. The average molecular weight is 265 g/mol. The van der Waals surface area contributed by atoms with E-state index in [1.165, 1.54) is 0 Å². The monoisotopic (exact) mass is 265 g/mol. The topological polar surface area (TPSA) is 54.0 Å². The first-order valence-corrected chi connectivity index (χ1v) is 7.31. The van der Waals surface area contributed by atoms with Gasteiger partial charge in [0.05, 0.1) is 21.8 Å². The van der Waals surface area contributed by atoms with Gasteiger partial charge < -0.3 is 5.32 Å². The highest BCUT2D eigenvalue weighted by molar-refractivity contribution is 7.99. The van der Waals surface area contributed by atoms with Gasteiger partial charge in [-0.15, -0.1) is 23.1 Å². The lowest BCUT2D eigenvalue weighted by Crippen LogP contribution is -2.37. The molecule has 17 heavy (non-hydrogen) atoms. The van der Waals surface area contributed by atoms with Crippen molar-refractivity contribution in [3.63, 3.8) is 0 Å². The predicted octanol–water partition coefficient (Wildman–Crippen LogP) is 1.90. The van der Waals surface area contributed by atoms with Crippen LogP contribution in [0.5, 0.6) is 0 Å². The molecule has 3 rings (SSSR count). The van der Waals surface area contributed by atoms with Crippen molar-refractivity contribution in [2.24, 2.45) is 0 Å². The molecule has 0 spiro atoms. The molecule has 6 heteroatoms. The van der Waals surface area contributed by atoms with Crippen LogP contribution < -0.4 is 10.6 Å². The number of carbonyl (C=O) groups excluding carboxylic acids is 1. The average Bonchev–Trinajstić information content (AvgIpc) is 2.99. The second kappa shape index (κ2) is 4.64. The maximum Gasteiger partial charge on any atom is 0.242 e. The van der Waals surface area contributed by atoms with Gasteiger partial charge in [0.1, 0.15) is 0 Å². The molecule has 2 aromatic rings. The van der Waals surface area contributed by atoms with Gasteiger partial charge in [-0.1, -0.05) is 0 Å². The van der Waals surface area contributed by atoms with Crippen LogP contribution in [0, 0.1) is 0 Å². The van der Waals surface area contributed by atoms with Crippen LogP contribution in [0.15, 0.2) is 23.7 Å².